The highest BCUT2D eigenvalue weighted by Gasteiger charge is 2.23. The van der Waals surface area contributed by atoms with E-state index < -0.39 is 0 Å². The molecular weight excluding hydrogens is 430 g/mol. The van der Waals surface area contributed by atoms with Crippen molar-refractivity contribution < 1.29 is 9.32 Å². The molecule has 4 aromatic rings. The maximum absolute atomic E-state index is 12.7. The van der Waals surface area contributed by atoms with E-state index in [0.717, 1.165) is 34.9 Å². The van der Waals surface area contributed by atoms with Gasteiger partial charge >= 0.3 is 0 Å². The third-order valence-electron chi connectivity index (χ3n) is 5.24. The van der Waals surface area contributed by atoms with Gasteiger partial charge in [0, 0.05) is 48.1 Å². The molecule has 0 saturated carbocycles. The summed E-state index contributed by atoms with van der Waals surface area (Å²) in [5.74, 6) is 1.34. The monoisotopic (exact) mass is 451 g/mol. The number of hydrogen-bond donors (Lipinski definition) is 0. The Morgan fingerprint density at radius 2 is 1.84 bits per heavy atom. The minimum atomic E-state index is 0.131. The van der Waals surface area contributed by atoms with Crippen LogP contribution in [-0.4, -0.2) is 57.0 Å². The van der Waals surface area contributed by atoms with Crippen LogP contribution < -0.4 is 0 Å². The molecule has 0 aliphatic carbocycles. The molecule has 1 aliphatic heterocycles. The van der Waals surface area contributed by atoms with Gasteiger partial charge in [-0.2, -0.15) is 16.3 Å². The van der Waals surface area contributed by atoms with Gasteiger partial charge in [0.1, 0.15) is 5.01 Å². The van der Waals surface area contributed by atoms with Crippen LogP contribution in [0.1, 0.15) is 11.6 Å². The van der Waals surface area contributed by atoms with Gasteiger partial charge in [0.15, 0.2) is 0 Å². The molecule has 0 spiro atoms. The molecule has 9 heteroatoms. The van der Waals surface area contributed by atoms with Gasteiger partial charge in [0.25, 0.3) is 0 Å². The highest BCUT2D eigenvalue weighted by atomic mass is 32.1. The molecule has 4 heterocycles. The Labute approximate surface area is 188 Å². The minimum absolute atomic E-state index is 0.131. The molecule has 7 nitrogen and oxygen atoms in total. The van der Waals surface area contributed by atoms with E-state index in [2.05, 4.69) is 31.5 Å². The summed E-state index contributed by atoms with van der Waals surface area (Å²) in [6, 6.07) is 11.9. The second-order valence-electron chi connectivity index (χ2n) is 7.37. The first-order valence-electron chi connectivity index (χ1n) is 10.1. The summed E-state index contributed by atoms with van der Waals surface area (Å²) < 4.78 is 5.42. The van der Waals surface area contributed by atoms with Gasteiger partial charge in [-0.05, 0) is 11.4 Å². The number of hydrogen-bond acceptors (Lipinski definition) is 8. The zero-order chi connectivity index (χ0) is 21.0. The average molecular weight is 452 g/mol. The number of benzene rings is 1. The number of thiophene rings is 1. The van der Waals surface area contributed by atoms with Crippen molar-refractivity contribution in [2.24, 2.45) is 0 Å². The molecule has 3 aromatic heterocycles. The third-order valence-corrected chi connectivity index (χ3v) is 6.86. The van der Waals surface area contributed by atoms with E-state index in [4.69, 9.17) is 4.52 Å². The molecule has 31 heavy (non-hydrogen) atoms. The molecule has 158 valence electrons. The Balaban J connectivity index is 1.12. The van der Waals surface area contributed by atoms with Crippen LogP contribution in [0.2, 0.25) is 0 Å². The lowest BCUT2D eigenvalue weighted by atomic mass is 10.2. The smallest absolute Gasteiger partial charge is 0.241 e. The molecule has 1 fully saturated rings. The van der Waals surface area contributed by atoms with Crippen molar-refractivity contribution >= 4 is 28.6 Å². The molecule has 1 aromatic carbocycles. The lowest BCUT2D eigenvalue weighted by Crippen LogP contribution is -2.48. The maximum Gasteiger partial charge on any atom is 0.241 e. The fraction of sp³-hybridized carbons (Fsp3) is 0.273. The van der Waals surface area contributed by atoms with Crippen LogP contribution in [0, 0.1) is 0 Å². The second kappa shape index (κ2) is 9.09. The predicted octanol–water partition coefficient (Wildman–Crippen LogP) is 3.81. The van der Waals surface area contributed by atoms with Crippen molar-refractivity contribution in [3.8, 4) is 22.0 Å². The quantitative estimate of drug-likeness (QED) is 0.444. The van der Waals surface area contributed by atoms with Gasteiger partial charge in [-0.25, -0.2) is 4.98 Å². The molecule has 1 aliphatic rings. The lowest BCUT2D eigenvalue weighted by Gasteiger charge is -2.33. The fourth-order valence-electron chi connectivity index (χ4n) is 3.54. The van der Waals surface area contributed by atoms with Gasteiger partial charge in [-0.1, -0.05) is 35.5 Å². The molecule has 0 N–H and O–H groups in total. The van der Waals surface area contributed by atoms with Crippen molar-refractivity contribution in [3.63, 3.8) is 0 Å². The van der Waals surface area contributed by atoms with Gasteiger partial charge in [-0.15, -0.1) is 11.3 Å². The van der Waals surface area contributed by atoms with E-state index in [-0.39, 0.29) is 5.91 Å². The van der Waals surface area contributed by atoms with Crippen LogP contribution >= 0.6 is 22.7 Å². The van der Waals surface area contributed by atoms with Crippen LogP contribution in [0.4, 0.5) is 0 Å². The first-order valence-corrected chi connectivity index (χ1v) is 11.9. The van der Waals surface area contributed by atoms with E-state index in [1.807, 2.05) is 46.0 Å². The number of amides is 1. The topological polar surface area (TPSA) is 75.4 Å². The Morgan fingerprint density at radius 3 is 2.61 bits per heavy atom. The maximum atomic E-state index is 12.7. The summed E-state index contributed by atoms with van der Waals surface area (Å²) >= 11 is 3.24. The van der Waals surface area contributed by atoms with Crippen LogP contribution in [0.3, 0.4) is 0 Å². The van der Waals surface area contributed by atoms with E-state index >= 15 is 0 Å². The lowest BCUT2D eigenvalue weighted by molar-refractivity contribution is -0.132. The Hall–Kier alpha value is -2.88. The van der Waals surface area contributed by atoms with Crippen molar-refractivity contribution in [1.82, 2.24) is 24.9 Å². The zero-order valence-corrected chi connectivity index (χ0v) is 18.4. The van der Waals surface area contributed by atoms with Crippen LogP contribution in [0.5, 0.6) is 0 Å². The average Bonchev–Trinajstić information content (AvgIpc) is 3.57. The summed E-state index contributed by atoms with van der Waals surface area (Å²) in [7, 11) is 0. The third kappa shape index (κ3) is 4.73. The van der Waals surface area contributed by atoms with Crippen LogP contribution in [0.15, 0.2) is 57.1 Å². The summed E-state index contributed by atoms with van der Waals surface area (Å²) in [5.41, 5.74) is 2.91. The van der Waals surface area contributed by atoms with Crippen molar-refractivity contribution in [3.05, 3.63) is 64.1 Å². The summed E-state index contributed by atoms with van der Waals surface area (Å²) in [5, 5.41) is 11.2. The van der Waals surface area contributed by atoms with Crippen molar-refractivity contribution in [1.29, 1.82) is 0 Å². The number of carbonyl (C=O) groups excluding carboxylic acids is 1. The number of carbonyl (C=O) groups is 1. The first kappa shape index (κ1) is 20.0. The van der Waals surface area contributed by atoms with Gasteiger partial charge in [-0.3, -0.25) is 9.69 Å². The van der Waals surface area contributed by atoms with E-state index in [1.54, 1.807) is 22.7 Å². The largest absolute Gasteiger partial charge is 0.340 e. The fourth-order valence-corrected chi connectivity index (χ4v) is 5.08. The number of rotatable bonds is 6. The minimum Gasteiger partial charge on any atom is -0.340 e. The van der Waals surface area contributed by atoms with E-state index in [9.17, 15) is 4.79 Å². The molecule has 0 unspecified atom stereocenters. The zero-order valence-electron chi connectivity index (χ0n) is 16.8. The SMILES string of the molecule is O=C(Cc1csc(-c2ccsc2)n1)N1CCN(Cc2nc(-c3ccccc3)no2)CC1. The molecule has 5 rings (SSSR count). The molecule has 1 amide bonds. The summed E-state index contributed by atoms with van der Waals surface area (Å²) in [6.07, 6.45) is 0.352. The normalized spacial score (nSPS) is 14.8. The van der Waals surface area contributed by atoms with Crippen LogP contribution in [0.25, 0.3) is 22.0 Å². The highest BCUT2D eigenvalue weighted by Crippen LogP contribution is 2.26. The predicted molar refractivity (Wildman–Crippen MR) is 121 cm³/mol. The molecule has 0 atom stereocenters. The van der Waals surface area contributed by atoms with Crippen LogP contribution in [-0.2, 0) is 17.8 Å². The van der Waals surface area contributed by atoms with E-state index in [1.165, 1.54) is 0 Å². The van der Waals surface area contributed by atoms with E-state index in [0.29, 0.717) is 37.8 Å². The number of aromatic nitrogens is 3. The van der Waals surface area contributed by atoms with Gasteiger partial charge in [0.2, 0.25) is 17.6 Å². The standard InChI is InChI=1S/C22H21N5O2S2/c28-20(12-18-15-31-22(23-18)17-6-11-30-14-17)27-9-7-26(8-10-27)13-19-24-21(25-29-19)16-4-2-1-3-5-16/h1-6,11,14-15H,7-10,12-13H2. The van der Waals surface area contributed by atoms with Gasteiger partial charge in [0.05, 0.1) is 18.7 Å². The van der Waals surface area contributed by atoms with Gasteiger partial charge < -0.3 is 9.42 Å². The molecule has 0 radical (unpaired) electrons. The van der Waals surface area contributed by atoms with Crippen molar-refractivity contribution in [2.75, 3.05) is 26.2 Å². The summed E-state index contributed by atoms with van der Waals surface area (Å²) in [4.78, 5) is 26.0. The molecule has 0 bridgehead atoms. The Morgan fingerprint density at radius 1 is 1.00 bits per heavy atom. The van der Waals surface area contributed by atoms with Crippen molar-refractivity contribution in [2.45, 2.75) is 13.0 Å². The number of nitrogens with zero attached hydrogens (tertiary/aromatic N) is 5. The number of piperazine rings is 1. The Bertz CT molecular complexity index is 1130. The molecule has 1 saturated heterocycles. The first-order chi connectivity index (χ1) is 15.2. The summed E-state index contributed by atoms with van der Waals surface area (Å²) in [6.45, 7) is 3.55. The Kier molecular flexibility index (Phi) is 5.88. The second-order valence-corrected chi connectivity index (χ2v) is 9.01. The molecular formula is C22H21N5O2S2. The highest BCUT2D eigenvalue weighted by molar-refractivity contribution is 7.14. The number of thiazole rings is 1.